The van der Waals surface area contributed by atoms with E-state index in [1.807, 2.05) is 17.0 Å². The van der Waals surface area contributed by atoms with Crippen LogP contribution >= 0.6 is 11.8 Å². The van der Waals surface area contributed by atoms with Crippen LogP contribution in [0.1, 0.15) is 31.2 Å². The van der Waals surface area contributed by atoms with E-state index in [4.69, 9.17) is 0 Å². The molecule has 0 saturated carbocycles. The number of piperidine rings is 1. The molecule has 0 radical (unpaired) electrons. The number of amides is 1. The standard InChI is InChI=1S/C20H24FN3OS/c21-17-7-5-15(6-8-17)3-4-16-2-1-10-23(13-16)19(25)12-18-14-26-20-22-9-11-24(18)20/h5-8,14,16H,1-4,9-13H2/t16-/m0/s1. The predicted molar refractivity (Wildman–Crippen MR) is 103 cm³/mol. The lowest BCUT2D eigenvalue weighted by Crippen LogP contribution is -2.40. The number of carbonyl (C=O) groups is 1. The van der Waals surface area contributed by atoms with Crippen LogP contribution in [0.4, 0.5) is 4.39 Å². The van der Waals surface area contributed by atoms with Crippen molar-refractivity contribution in [2.75, 3.05) is 26.2 Å². The molecule has 1 fully saturated rings. The zero-order valence-electron chi connectivity index (χ0n) is 14.9. The molecule has 0 spiro atoms. The van der Waals surface area contributed by atoms with Crippen molar-refractivity contribution >= 4 is 22.8 Å². The number of hydrogen-bond acceptors (Lipinski definition) is 4. The maximum atomic E-state index is 13.0. The van der Waals surface area contributed by atoms with Gasteiger partial charge in [-0.1, -0.05) is 23.9 Å². The van der Waals surface area contributed by atoms with Gasteiger partial charge in [-0.05, 0) is 54.7 Å². The highest BCUT2D eigenvalue weighted by Crippen LogP contribution is 2.32. The summed E-state index contributed by atoms with van der Waals surface area (Å²) >= 11 is 1.63. The second-order valence-corrected chi connectivity index (χ2v) is 8.07. The molecule has 3 aliphatic heterocycles. The highest BCUT2D eigenvalue weighted by Gasteiger charge is 2.30. The third kappa shape index (κ3) is 3.95. The summed E-state index contributed by atoms with van der Waals surface area (Å²) in [6.45, 7) is 3.46. The molecular formula is C20H24FN3OS. The summed E-state index contributed by atoms with van der Waals surface area (Å²) in [6.07, 6.45) is 4.73. The topological polar surface area (TPSA) is 35.9 Å². The van der Waals surface area contributed by atoms with Gasteiger partial charge in [-0.15, -0.1) is 0 Å². The molecule has 0 bridgehead atoms. The lowest BCUT2D eigenvalue weighted by molar-refractivity contribution is -0.132. The van der Waals surface area contributed by atoms with E-state index >= 15 is 0 Å². The van der Waals surface area contributed by atoms with Crippen LogP contribution in [0.2, 0.25) is 0 Å². The molecule has 1 atom stereocenters. The number of hydrogen-bond donors (Lipinski definition) is 0. The molecule has 4 nitrogen and oxygen atoms in total. The molecule has 138 valence electrons. The number of nitrogens with zero attached hydrogens (tertiary/aromatic N) is 3. The van der Waals surface area contributed by atoms with Gasteiger partial charge in [-0.2, -0.15) is 0 Å². The minimum absolute atomic E-state index is 0.186. The molecular weight excluding hydrogens is 349 g/mol. The zero-order valence-corrected chi connectivity index (χ0v) is 15.7. The number of halogens is 1. The van der Waals surface area contributed by atoms with Gasteiger partial charge < -0.3 is 9.80 Å². The number of fused-ring (bicyclic) bond motifs is 1. The lowest BCUT2D eigenvalue weighted by Gasteiger charge is -2.33. The Hall–Kier alpha value is -1.82. The molecule has 26 heavy (non-hydrogen) atoms. The average molecular weight is 373 g/mol. The number of aliphatic imine (C=N–C) groups is 1. The maximum absolute atomic E-state index is 13.0. The summed E-state index contributed by atoms with van der Waals surface area (Å²) in [5, 5.41) is 3.12. The van der Waals surface area contributed by atoms with E-state index < -0.39 is 0 Å². The quantitative estimate of drug-likeness (QED) is 0.790. The Kier molecular flexibility index (Phi) is 5.29. The van der Waals surface area contributed by atoms with Crippen molar-refractivity contribution in [3.05, 3.63) is 46.8 Å². The molecule has 1 saturated heterocycles. The number of amidine groups is 1. The van der Waals surface area contributed by atoms with Gasteiger partial charge in [-0.25, -0.2) is 4.39 Å². The summed E-state index contributed by atoms with van der Waals surface area (Å²) in [5.74, 6) is 0.582. The number of rotatable bonds is 5. The number of benzene rings is 1. The minimum Gasteiger partial charge on any atom is -0.342 e. The van der Waals surface area contributed by atoms with E-state index in [2.05, 4.69) is 15.3 Å². The normalized spacial score (nSPS) is 22.3. The van der Waals surface area contributed by atoms with Gasteiger partial charge in [0, 0.05) is 25.3 Å². The van der Waals surface area contributed by atoms with Crippen LogP contribution < -0.4 is 0 Å². The summed E-state index contributed by atoms with van der Waals surface area (Å²) in [7, 11) is 0. The van der Waals surface area contributed by atoms with Crippen LogP contribution in [0.3, 0.4) is 0 Å². The van der Waals surface area contributed by atoms with E-state index in [0.717, 1.165) is 56.3 Å². The second-order valence-electron chi connectivity index (χ2n) is 7.23. The summed E-state index contributed by atoms with van der Waals surface area (Å²) in [4.78, 5) is 21.4. The van der Waals surface area contributed by atoms with Crippen molar-refractivity contribution in [3.8, 4) is 0 Å². The van der Waals surface area contributed by atoms with E-state index in [0.29, 0.717) is 12.3 Å². The van der Waals surface area contributed by atoms with Crippen molar-refractivity contribution in [2.45, 2.75) is 32.1 Å². The summed E-state index contributed by atoms with van der Waals surface area (Å²) < 4.78 is 13.0. The zero-order chi connectivity index (χ0) is 17.9. The lowest BCUT2D eigenvalue weighted by atomic mass is 9.91. The van der Waals surface area contributed by atoms with Gasteiger partial charge in [0.1, 0.15) is 5.82 Å². The fraction of sp³-hybridized carbons (Fsp3) is 0.500. The molecule has 0 unspecified atom stereocenters. The van der Waals surface area contributed by atoms with Crippen molar-refractivity contribution in [1.82, 2.24) is 9.80 Å². The summed E-state index contributed by atoms with van der Waals surface area (Å²) in [5.41, 5.74) is 2.27. The molecule has 4 rings (SSSR count). The number of thioether (sulfide) groups is 1. The van der Waals surface area contributed by atoms with Gasteiger partial charge in [0.2, 0.25) is 5.91 Å². The maximum Gasteiger partial charge on any atom is 0.228 e. The molecule has 1 aromatic carbocycles. The van der Waals surface area contributed by atoms with Crippen molar-refractivity contribution < 1.29 is 9.18 Å². The van der Waals surface area contributed by atoms with E-state index in [-0.39, 0.29) is 11.7 Å². The highest BCUT2D eigenvalue weighted by molar-refractivity contribution is 8.16. The van der Waals surface area contributed by atoms with Crippen LogP contribution in [0, 0.1) is 11.7 Å². The predicted octanol–water partition coefficient (Wildman–Crippen LogP) is 3.65. The Bertz CT molecular complexity index is 731. The van der Waals surface area contributed by atoms with E-state index in [1.165, 1.54) is 24.1 Å². The van der Waals surface area contributed by atoms with Crippen LogP contribution in [-0.4, -0.2) is 47.1 Å². The fourth-order valence-electron chi connectivity index (χ4n) is 3.93. The molecule has 3 aliphatic rings. The van der Waals surface area contributed by atoms with Gasteiger partial charge in [-0.3, -0.25) is 9.79 Å². The summed E-state index contributed by atoms with van der Waals surface area (Å²) in [6, 6.07) is 6.77. The minimum atomic E-state index is -0.186. The molecule has 1 amide bonds. The first-order chi connectivity index (χ1) is 12.7. The SMILES string of the molecule is O=C(CC1=CSC2=NCCN12)N1CCC[C@@H](CCc2ccc(F)cc2)C1. The van der Waals surface area contributed by atoms with Crippen molar-refractivity contribution in [3.63, 3.8) is 0 Å². The Morgan fingerprint density at radius 1 is 1.27 bits per heavy atom. The molecule has 0 N–H and O–H groups in total. The Labute approximate surface area is 158 Å². The molecule has 3 heterocycles. The second kappa shape index (κ2) is 7.82. The van der Waals surface area contributed by atoms with Crippen LogP contribution in [-0.2, 0) is 11.2 Å². The first-order valence-electron chi connectivity index (χ1n) is 9.39. The van der Waals surface area contributed by atoms with Gasteiger partial charge in [0.05, 0.1) is 13.0 Å². The monoisotopic (exact) mass is 373 g/mol. The third-order valence-corrected chi connectivity index (χ3v) is 6.36. The first kappa shape index (κ1) is 17.6. The third-order valence-electron chi connectivity index (χ3n) is 5.41. The molecule has 0 aromatic heterocycles. The number of aryl methyl sites for hydroxylation is 1. The van der Waals surface area contributed by atoms with Gasteiger partial charge in [0.25, 0.3) is 0 Å². The van der Waals surface area contributed by atoms with E-state index in [1.54, 1.807) is 11.8 Å². The van der Waals surface area contributed by atoms with Crippen molar-refractivity contribution in [1.29, 1.82) is 0 Å². The Morgan fingerprint density at radius 3 is 2.96 bits per heavy atom. The Morgan fingerprint density at radius 2 is 2.12 bits per heavy atom. The number of carbonyl (C=O) groups excluding carboxylic acids is 1. The van der Waals surface area contributed by atoms with Crippen molar-refractivity contribution in [2.24, 2.45) is 10.9 Å². The average Bonchev–Trinajstić information content (AvgIpc) is 3.27. The van der Waals surface area contributed by atoms with Gasteiger partial charge in [0.15, 0.2) is 5.17 Å². The fourth-order valence-corrected chi connectivity index (χ4v) is 4.88. The highest BCUT2D eigenvalue weighted by atomic mass is 32.2. The molecule has 6 heteroatoms. The Balaban J connectivity index is 1.28. The van der Waals surface area contributed by atoms with E-state index in [9.17, 15) is 9.18 Å². The smallest absolute Gasteiger partial charge is 0.228 e. The van der Waals surface area contributed by atoms with Gasteiger partial charge >= 0.3 is 0 Å². The largest absolute Gasteiger partial charge is 0.342 e. The van der Waals surface area contributed by atoms with Crippen LogP contribution in [0.5, 0.6) is 0 Å². The van der Waals surface area contributed by atoms with Crippen LogP contribution in [0.25, 0.3) is 0 Å². The molecule has 1 aromatic rings. The number of likely N-dealkylation sites (tertiary alicyclic amines) is 1. The van der Waals surface area contributed by atoms with Crippen LogP contribution in [0.15, 0.2) is 40.4 Å². The first-order valence-corrected chi connectivity index (χ1v) is 10.3. The molecule has 0 aliphatic carbocycles.